The maximum absolute atomic E-state index is 14.8. The smallest absolute Gasteiger partial charge is 0.427 e. The van der Waals surface area contributed by atoms with Crippen LogP contribution in [0.1, 0.15) is 85.5 Å². The molecule has 2 saturated carbocycles. The lowest BCUT2D eigenvalue weighted by Gasteiger charge is -2.33. The number of sulfonamides is 1. The van der Waals surface area contributed by atoms with E-state index in [1.165, 1.54) is 36.4 Å². The van der Waals surface area contributed by atoms with Gasteiger partial charge in [-0.25, -0.2) is 17.8 Å². The Labute approximate surface area is 329 Å². The molecule has 7 atom stereocenters. The first-order valence-electron chi connectivity index (χ1n) is 19.3. The number of benzene rings is 1. The SMILES string of the molecule is COc1cnc(O[C@@H]2C[C@H]3C(=O)C[C@]4(C(=O)NS(=O)(=O)C5CC5)C[C@H]4/C=C\CC[C@@H](C)C[C@@H](C)[C@H](CC(=O)OC(C)(C)C(F)(F)F)C(=O)N3C2)c2cc(F)ccc12. The highest BCUT2D eigenvalue weighted by atomic mass is 32.2. The largest absolute Gasteiger partial charge is 0.494 e. The van der Waals surface area contributed by atoms with E-state index in [0.29, 0.717) is 43.2 Å². The zero-order valence-electron chi connectivity index (χ0n) is 32.6. The lowest BCUT2D eigenvalue weighted by Crippen LogP contribution is -2.48. The standard InChI is InChI=1S/C40H49F4N3O9S/c1-22-8-6-7-9-24-18-39(24,37(51)46-57(52,53)27-11-12-27)19-32(48)31-16-26(55-35-30-15-25(41)10-13-28(30)33(54-5)20-45-35)21-47(31)36(50)29(23(2)14-22)17-34(49)56-38(3,4)40(42,43)44/h7,9-10,13,15,20,22-24,26-27,29,31H,6,8,11-12,14,16-19,21H2,1-5H3,(H,46,51)/b9-7-/t22-,23-,24-,26-,29+,31+,39-/m1/s1. The Balaban J connectivity index is 1.36. The van der Waals surface area contributed by atoms with Crippen molar-refractivity contribution in [3.05, 3.63) is 42.4 Å². The molecular weight excluding hydrogens is 775 g/mol. The molecule has 4 aliphatic rings. The molecule has 1 N–H and O–H groups in total. The van der Waals surface area contributed by atoms with Gasteiger partial charge >= 0.3 is 12.1 Å². The van der Waals surface area contributed by atoms with Gasteiger partial charge in [0, 0.05) is 18.2 Å². The van der Waals surface area contributed by atoms with Gasteiger partial charge in [0.1, 0.15) is 17.7 Å². The molecular formula is C40H49F4N3O9S. The maximum Gasteiger partial charge on any atom is 0.427 e. The van der Waals surface area contributed by atoms with Crippen molar-refractivity contribution in [3.8, 4) is 11.6 Å². The number of pyridine rings is 1. The molecule has 2 aliphatic heterocycles. The van der Waals surface area contributed by atoms with Crippen LogP contribution in [0.3, 0.4) is 0 Å². The van der Waals surface area contributed by atoms with E-state index in [1.807, 2.05) is 19.1 Å². The van der Waals surface area contributed by atoms with Crippen molar-refractivity contribution in [1.82, 2.24) is 14.6 Å². The number of methoxy groups -OCH3 is 1. The van der Waals surface area contributed by atoms with Crippen molar-refractivity contribution >= 4 is 44.4 Å². The predicted octanol–water partition coefficient (Wildman–Crippen LogP) is 6.21. The topological polar surface area (TPSA) is 158 Å². The van der Waals surface area contributed by atoms with E-state index in [9.17, 15) is 45.2 Å². The van der Waals surface area contributed by atoms with E-state index < -0.39 is 105 Å². The number of halogens is 4. The number of ketones is 1. The van der Waals surface area contributed by atoms with Gasteiger partial charge in [-0.2, -0.15) is 13.2 Å². The van der Waals surface area contributed by atoms with E-state index in [2.05, 4.69) is 9.71 Å². The number of hydrogen-bond donors (Lipinski definition) is 1. The Hall–Kier alpha value is -4.28. The van der Waals surface area contributed by atoms with Crippen molar-refractivity contribution in [3.63, 3.8) is 0 Å². The number of Topliss-reactive ketones (excluding diaryl/α,β-unsaturated/α-hetero) is 1. The fraction of sp³-hybridized carbons (Fsp3) is 0.625. The van der Waals surface area contributed by atoms with Crippen LogP contribution in [0, 0.1) is 34.9 Å². The zero-order chi connectivity index (χ0) is 41.7. The molecule has 0 spiro atoms. The molecule has 2 aromatic rings. The third-order valence-electron chi connectivity index (χ3n) is 11.9. The number of rotatable bonds is 9. The Morgan fingerprint density at radius 3 is 2.46 bits per heavy atom. The number of fused-ring (bicyclic) bond motifs is 3. The molecule has 0 bridgehead atoms. The average molecular weight is 824 g/mol. The number of ether oxygens (including phenoxy) is 3. The summed E-state index contributed by atoms with van der Waals surface area (Å²) in [5, 5.41) is 0.0514. The molecule has 12 nitrogen and oxygen atoms in total. The van der Waals surface area contributed by atoms with Gasteiger partial charge in [-0.05, 0) is 88.3 Å². The van der Waals surface area contributed by atoms with Crippen molar-refractivity contribution < 1.29 is 59.4 Å². The van der Waals surface area contributed by atoms with E-state index in [1.54, 1.807) is 6.92 Å². The van der Waals surface area contributed by atoms with Gasteiger partial charge in [0.15, 0.2) is 5.78 Å². The number of carbonyl (C=O) groups excluding carboxylic acids is 4. The average Bonchev–Trinajstić information content (AvgIpc) is 4.05. The number of nitrogens with zero attached hydrogens (tertiary/aromatic N) is 2. The minimum Gasteiger partial charge on any atom is -0.494 e. The highest BCUT2D eigenvalue weighted by molar-refractivity contribution is 7.90. The van der Waals surface area contributed by atoms with Crippen molar-refractivity contribution in [1.29, 1.82) is 0 Å². The lowest BCUT2D eigenvalue weighted by molar-refractivity contribution is -0.257. The number of alkyl halides is 3. The fourth-order valence-electron chi connectivity index (χ4n) is 8.13. The molecule has 57 heavy (non-hydrogen) atoms. The zero-order valence-corrected chi connectivity index (χ0v) is 33.4. The first-order chi connectivity index (χ1) is 26.7. The van der Waals surface area contributed by atoms with Gasteiger partial charge in [-0.3, -0.25) is 23.9 Å². The summed E-state index contributed by atoms with van der Waals surface area (Å²) in [7, 11) is -2.53. The molecule has 1 saturated heterocycles. The molecule has 3 heterocycles. The summed E-state index contributed by atoms with van der Waals surface area (Å²) in [6.45, 7) is 4.89. The highest BCUT2D eigenvalue weighted by Gasteiger charge is 2.62. The van der Waals surface area contributed by atoms with E-state index in [4.69, 9.17) is 14.2 Å². The Bertz CT molecular complexity index is 2050. The van der Waals surface area contributed by atoms with Crippen LogP contribution in [-0.4, -0.2) is 84.7 Å². The van der Waals surface area contributed by atoms with Crippen molar-refractivity contribution in [2.45, 2.75) is 115 Å². The van der Waals surface area contributed by atoms with Gasteiger partial charge in [-0.1, -0.05) is 26.0 Å². The number of amides is 2. The summed E-state index contributed by atoms with van der Waals surface area (Å²) >= 11 is 0. The summed E-state index contributed by atoms with van der Waals surface area (Å²) in [4.78, 5) is 61.9. The van der Waals surface area contributed by atoms with Crippen LogP contribution in [0.25, 0.3) is 10.8 Å². The fourth-order valence-corrected chi connectivity index (χ4v) is 9.51. The number of allylic oxidation sites excluding steroid dienone is 2. The van der Waals surface area contributed by atoms with Crippen LogP contribution in [-0.2, 0) is 33.9 Å². The first kappa shape index (κ1) is 42.3. The normalized spacial score (nSPS) is 29.4. The van der Waals surface area contributed by atoms with E-state index in [-0.39, 0.29) is 36.6 Å². The van der Waals surface area contributed by atoms with Crippen molar-refractivity contribution in [2.75, 3.05) is 13.7 Å². The third kappa shape index (κ3) is 9.07. The summed E-state index contributed by atoms with van der Waals surface area (Å²) in [5.74, 6) is -5.74. The van der Waals surface area contributed by atoms with Gasteiger partial charge in [0.25, 0.3) is 0 Å². The summed E-state index contributed by atoms with van der Waals surface area (Å²) in [6.07, 6.45) is 0.722. The lowest BCUT2D eigenvalue weighted by atomic mass is 9.82. The second-order valence-corrected chi connectivity index (χ2v) is 18.7. The highest BCUT2D eigenvalue weighted by Crippen LogP contribution is 2.57. The number of hydrogen-bond acceptors (Lipinski definition) is 10. The maximum atomic E-state index is 14.8. The van der Waals surface area contributed by atoms with Crippen LogP contribution < -0.4 is 14.2 Å². The Morgan fingerprint density at radius 2 is 1.79 bits per heavy atom. The summed E-state index contributed by atoms with van der Waals surface area (Å²) in [6, 6.07) is 2.70. The second-order valence-electron chi connectivity index (χ2n) is 16.7. The minimum absolute atomic E-state index is 0.00873. The van der Waals surface area contributed by atoms with E-state index >= 15 is 0 Å². The molecule has 312 valence electrons. The minimum atomic E-state index is -4.89. The molecule has 2 aliphatic carbocycles. The number of aromatic nitrogens is 1. The number of esters is 1. The first-order valence-corrected chi connectivity index (χ1v) is 20.8. The third-order valence-corrected chi connectivity index (χ3v) is 13.7. The van der Waals surface area contributed by atoms with Crippen LogP contribution >= 0.6 is 0 Å². The number of nitrogens with one attached hydrogen (secondary N) is 1. The van der Waals surface area contributed by atoms with Crippen molar-refractivity contribution in [2.24, 2.45) is 29.1 Å². The van der Waals surface area contributed by atoms with Gasteiger partial charge in [-0.15, -0.1) is 0 Å². The van der Waals surface area contributed by atoms with Crippen LogP contribution in [0.5, 0.6) is 11.6 Å². The molecule has 2 amide bonds. The molecule has 17 heteroatoms. The molecule has 1 aromatic carbocycles. The molecule has 6 rings (SSSR count). The van der Waals surface area contributed by atoms with Gasteiger partial charge in [0.2, 0.25) is 33.3 Å². The predicted molar refractivity (Wildman–Crippen MR) is 199 cm³/mol. The summed E-state index contributed by atoms with van der Waals surface area (Å²) in [5.41, 5.74) is -4.24. The molecule has 1 aromatic heterocycles. The van der Waals surface area contributed by atoms with Crippen LogP contribution in [0.15, 0.2) is 36.5 Å². The molecule has 3 fully saturated rings. The van der Waals surface area contributed by atoms with Crippen LogP contribution in [0.2, 0.25) is 0 Å². The second kappa shape index (κ2) is 15.8. The summed E-state index contributed by atoms with van der Waals surface area (Å²) < 4.78 is 100. The van der Waals surface area contributed by atoms with Crippen LogP contribution in [0.4, 0.5) is 17.6 Å². The number of carbonyl (C=O) groups is 4. The van der Waals surface area contributed by atoms with Gasteiger partial charge < -0.3 is 19.1 Å². The van der Waals surface area contributed by atoms with Gasteiger partial charge in [0.05, 0.1) is 54.3 Å². The molecule has 0 unspecified atom stereocenters. The Morgan fingerprint density at radius 1 is 1.07 bits per heavy atom. The van der Waals surface area contributed by atoms with E-state index in [0.717, 1.165) is 13.8 Å². The monoisotopic (exact) mass is 823 g/mol. The molecule has 0 radical (unpaired) electrons. The quantitative estimate of drug-likeness (QED) is 0.175. The Kier molecular flexibility index (Phi) is 11.7.